The molecule has 7 heteroatoms. The van der Waals surface area contributed by atoms with E-state index in [9.17, 15) is 0 Å². The zero-order valence-corrected chi connectivity index (χ0v) is 20.6. The standard InChI is InChI=1S/C22H36N4O2.HI/c1-22(2,3)19-7-5-6-8-20(19)28-14-10-24-21(23-4)26-11-9-18(17-26)25-12-15-27-16-13-25;/h5-8,18H,9-17H2,1-4H3,(H,23,24);1H. The number of para-hydroxylation sites is 1. The third kappa shape index (κ3) is 6.72. The number of halogens is 1. The van der Waals surface area contributed by atoms with Crippen molar-refractivity contribution in [1.29, 1.82) is 0 Å². The van der Waals surface area contributed by atoms with Crippen LogP contribution in [0.4, 0.5) is 0 Å². The van der Waals surface area contributed by atoms with E-state index < -0.39 is 0 Å². The van der Waals surface area contributed by atoms with E-state index in [1.807, 2.05) is 13.1 Å². The van der Waals surface area contributed by atoms with Crippen molar-refractivity contribution in [2.24, 2.45) is 4.99 Å². The molecule has 1 unspecified atom stereocenters. The van der Waals surface area contributed by atoms with Gasteiger partial charge in [0.15, 0.2) is 5.96 Å². The molecule has 2 saturated heterocycles. The molecule has 0 spiro atoms. The molecule has 0 aliphatic carbocycles. The predicted octanol–water partition coefficient (Wildman–Crippen LogP) is 2.96. The highest BCUT2D eigenvalue weighted by atomic mass is 127. The summed E-state index contributed by atoms with van der Waals surface area (Å²) in [5.41, 5.74) is 1.32. The lowest BCUT2D eigenvalue weighted by Gasteiger charge is -2.32. The van der Waals surface area contributed by atoms with Gasteiger partial charge in [-0.05, 0) is 23.5 Å². The summed E-state index contributed by atoms with van der Waals surface area (Å²) in [6.45, 7) is 13.9. The molecule has 164 valence electrons. The molecule has 0 aromatic heterocycles. The van der Waals surface area contributed by atoms with Crippen molar-refractivity contribution in [1.82, 2.24) is 15.1 Å². The van der Waals surface area contributed by atoms with E-state index in [-0.39, 0.29) is 29.4 Å². The minimum atomic E-state index is 0. The molecule has 1 atom stereocenters. The second kappa shape index (κ2) is 11.4. The average Bonchev–Trinajstić information content (AvgIpc) is 3.18. The Kier molecular flexibility index (Phi) is 9.49. The van der Waals surface area contributed by atoms with E-state index >= 15 is 0 Å². The zero-order chi connectivity index (χ0) is 20.0. The normalized spacial score (nSPS) is 21.0. The fourth-order valence-corrected chi connectivity index (χ4v) is 4.04. The Morgan fingerprint density at radius 1 is 1.21 bits per heavy atom. The van der Waals surface area contributed by atoms with E-state index in [1.54, 1.807) is 0 Å². The van der Waals surface area contributed by atoms with E-state index in [1.165, 1.54) is 12.0 Å². The smallest absolute Gasteiger partial charge is 0.193 e. The molecule has 6 nitrogen and oxygen atoms in total. The largest absolute Gasteiger partial charge is 0.491 e. The molecule has 1 aromatic carbocycles. The Bertz CT molecular complexity index is 656. The second-order valence-corrected chi connectivity index (χ2v) is 8.61. The van der Waals surface area contributed by atoms with Crippen LogP contribution in [0.2, 0.25) is 0 Å². The minimum Gasteiger partial charge on any atom is -0.491 e. The van der Waals surface area contributed by atoms with Crippen molar-refractivity contribution < 1.29 is 9.47 Å². The predicted molar refractivity (Wildman–Crippen MR) is 130 cm³/mol. The van der Waals surface area contributed by atoms with Crippen LogP contribution in [0.1, 0.15) is 32.8 Å². The summed E-state index contributed by atoms with van der Waals surface area (Å²) in [5, 5.41) is 3.47. The first kappa shape index (κ1) is 24.2. The van der Waals surface area contributed by atoms with Crippen LogP contribution in [-0.2, 0) is 10.2 Å². The zero-order valence-electron chi connectivity index (χ0n) is 18.3. The number of ether oxygens (including phenoxy) is 2. The van der Waals surface area contributed by atoms with Gasteiger partial charge in [-0.2, -0.15) is 0 Å². The van der Waals surface area contributed by atoms with E-state index in [2.05, 4.69) is 59.1 Å². The summed E-state index contributed by atoms with van der Waals surface area (Å²) in [5.74, 6) is 1.95. The topological polar surface area (TPSA) is 49.3 Å². The van der Waals surface area contributed by atoms with Gasteiger partial charge in [0, 0.05) is 39.3 Å². The van der Waals surface area contributed by atoms with Crippen molar-refractivity contribution in [3.05, 3.63) is 29.8 Å². The van der Waals surface area contributed by atoms with Gasteiger partial charge in [-0.1, -0.05) is 39.0 Å². The molecule has 29 heavy (non-hydrogen) atoms. The molecule has 2 aliphatic rings. The lowest BCUT2D eigenvalue weighted by atomic mass is 9.86. The highest BCUT2D eigenvalue weighted by Gasteiger charge is 2.30. The van der Waals surface area contributed by atoms with Crippen LogP contribution < -0.4 is 10.1 Å². The molecule has 2 heterocycles. The maximum absolute atomic E-state index is 6.08. The van der Waals surface area contributed by atoms with Crippen LogP contribution >= 0.6 is 24.0 Å². The highest BCUT2D eigenvalue weighted by molar-refractivity contribution is 14.0. The summed E-state index contributed by atoms with van der Waals surface area (Å²) in [7, 11) is 1.86. The first-order valence-corrected chi connectivity index (χ1v) is 10.5. The van der Waals surface area contributed by atoms with Crippen LogP contribution in [0, 0.1) is 0 Å². The quantitative estimate of drug-likeness (QED) is 0.282. The molecule has 2 aliphatic heterocycles. The number of nitrogens with one attached hydrogen (secondary N) is 1. The summed E-state index contributed by atoms with van der Waals surface area (Å²) in [6.07, 6.45) is 1.19. The molecule has 0 bridgehead atoms. The van der Waals surface area contributed by atoms with Gasteiger partial charge >= 0.3 is 0 Å². The van der Waals surface area contributed by atoms with Crippen molar-refractivity contribution >= 4 is 29.9 Å². The Labute approximate surface area is 193 Å². The maximum Gasteiger partial charge on any atom is 0.193 e. The van der Waals surface area contributed by atoms with E-state index in [0.29, 0.717) is 12.6 Å². The fourth-order valence-electron chi connectivity index (χ4n) is 4.04. The summed E-state index contributed by atoms with van der Waals surface area (Å²) >= 11 is 0. The molecule has 3 rings (SSSR count). The monoisotopic (exact) mass is 516 g/mol. The molecular weight excluding hydrogens is 479 g/mol. The van der Waals surface area contributed by atoms with Gasteiger partial charge in [-0.15, -0.1) is 24.0 Å². The summed E-state index contributed by atoms with van der Waals surface area (Å²) in [6, 6.07) is 8.93. The second-order valence-electron chi connectivity index (χ2n) is 8.61. The number of guanidine groups is 1. The minimum absolute atomic E-state index is 0. The number of morpholine rings is 1. The van der Waals surface area contributed by atoms with Crippen molar-refractivity contribution in [3.63, 3.8) is 0 Å². The van der Waals surface area contributed by atoms with Crippen LogP contribution in [-0.4, -0.2) is 81.4 Å². The number of hydrogen-bond donors (Lipinski definition) is 1. The van der Waals surface area contributed by atoms with Gasteiger partial charge in [0.2, 0.25) is 0 Å². The SMILES string of the molecule is CN=C(NCCOc1ccccc1C(C)(C)C)N1CCC(N2CCOCC2)C1.I. The lowest BCUT2D eigenvalue weighted by molar-refractivity contribution is 0.0195. The first-order valence-electron chi connectivity index (χ1n) is 10.5. The molecule has 0 radical (unpaired) electrons. The first-order chi connectivity index (χ1) is 13.5. The molecule has 0 saturated carbocycles. The molecule has 0 amide bonds. The van der Waals surface area contributed by atoms with Crippen LogP contribution in [0.15, 0.2) is 29.3 Å². The van der Waals surface area contributed by atoms with Crippen LogP contribution in [0.3, 0.4) is 0 Å². The molecule has 1 N–H and O–H groups in total. The van der Waals surface area contributed by atoms with Crippen molar-refractivity contribution in [2.45, 2.75) is 38.6 Å². The van der Waals surface area contributed by atoms with Crippen molar-refractivity contribution in [2.75, 3.05) is 59.6 Å². The molecular formula is C22H37IN4O2. The number of benzene rings is 1. The van der Waals surface area contributed by atoms with Crippen molar-refractivity contribution in [3.8, 4) is 5.75 Å². The van der Waals surface area contributed by atoms with Gasteiger partial charge in [-0.25, -0.2) is 0 Å². The molecule has 1 aromatic rings. The highest BCUT2D eigenvalue weighted by Crippen LogP contribution is 2.30. The number of hydrogen-bond acceptors (Lipinski definition) is 4. The third-order valence-electron chi connectivity index (χ3n) is 5.57. The Morgan fingerprint density at radius 3 is 2.62 bits per heavy atom. The lowest BCUT2D eigenvalue weighted by Crippen LogP contribution is -2.47. The Morgan fingerprint density at radius 2 is 1.93 bits per heavy atom. The summed E-state index contributed by atoms with van der Waals surface area (Å²) < 4.78 is 11.6. The third-order valence-corrected chi connectivity index (χ3v) is 5.57. The van der Waals surface area contributed by atoms with Gasteiger partial charge in [0.25, 0.3) is 0 Å². The fraction of sp³-hybridized carbons (Fsp3) is 0.682. The number of rotatable bonds is 5. The van der Waals surface area contributed by atoms with Crippen LogP contribution in [0.25, 0.3) is 0 Å². The Hall–Kier alpha value is -1.06. The molecule has 2 fully saturated rings. The number of nitrogens with zero attached hydrogens (tertiary/aromatic N) is 3. The van der Waals surface area contributed by atoms with Gasteiger partial charge < -0.3 is 19.7 Å². The average molecular weight is 516 g/mol. The van der Waals surface area contributed by atoms with Crippen LogP contribution in [0.5, 0.6) is 5.75 Å². The van der Waals surface area contributed by atoms with Gasteiger partial charge in [0.05, 0.1) is 19.8 Å². The van der Waals surface area contributed by atoms with Gasteiger partial charge in [-0.3, -0.25) is 9.89 Å². The van der Waals surface area contributed by atoms with Gasteiger partial charge in [0.1, 0.15) is 12.4 Å². The van der Waals surface area contributed by atoms with E-state index in [0.717, 1.165) is 57.6 Å². The maximum atomic E-state index is 6.08. The number of likely N-dealkylation sites (tertiary alicyclic amines) is 1. The van der Waals surface area contributed by atoms with E-state index in [4.69, 9.17) is 9.47 Å². The Balaban J connectivity index is 0.00000300. The number of aliphatic imine (C=N–C) groups is 1. The summed E-state index contributed by atoms with van der Waals surface area (Å²) in [4.78, 5) is 9.41.